The lowest BCUT2D eigenvalue weighted by molar-refractivity contribution is -0.120. The van der Waals surface area contributed by atoms with Crippen LogP contribution in [0.5, 0.6) is 0 Å². The van der Waals surface area contributed by atoms with Crippen molar-refractivity contribution in [3.8, 4) is 0 Å². The molecule has 1 aliphatic carbocycles. The number of carbonyl (C=O) groups is 1. The van der Waals surface area contributed by atoms with E-state index in [0.29, 0.717) is 12.5 Å². The van der Waals surface area contributed by atoms with Gasteiger partial charge < -0.3 is 0 Å². The van der Waals surface area contributed by atoms with Crippen LogP contribution in [0.2, 0.25) is 0 Å². The van der Waals surface area contributed by atoms with Crippen molar-refractivity contribution < 1.29 is 22.0 Å². The molecule has 2 atom stereocenters. The largest absolute Gasteiger partial charge is 0.276 e. The van der Waals surface area contributed by atoms with Crippen molar-refractivity contribution in [2.45, 2.75) is 17.2 Å². The lowest BCUT2D eigenvalue weighted by Crippen LogP contribution is -2.32. The second-order valence-electron chi connectivity index (χ2n) is 5.44. The summed E-state index contributed by atoms with van der Waals surface area (Å²) in [4.78, 5) is 11.3. The Morgan fingerprint density at radius 3 is 2.74 bits per heavy atom. The SMILES string of the molecule is Cn1cc(C2CC2C(=O)NS(=O)(=O)c2ccc(F)cc2F)cn1. The van der Waals surface area contributed by atoms with E-state index in [-0.39, 0.29) is 5.92 Å². The van der Waals surface area contributed by atoms with Gasteiger partial charge in [0.1, 0.15) is 16.5 Å². The summed E-state index contributed by atoms with van der Waals surface area (Å²) in [6, 6.07) is 2.05. The zero-order chi connectivity index (χ0) is 16.8. The normalized spacial score (nSPS) is 20.3. The summed E-state index contributed by atoms with van der Waals surface area (Å²) in [5, 5.41) is 4.00. The van der Waals surface area contributed by atoms with Gasteiger partial charge in [0.05, 0.1) is 6.20 Å². The highest BCUT2D eigenvalue weighted by Gasteiger charge is 2.46. The van der Waals surface area contributed by atoms with Crippen LogP contribution >= 0.6 is 0 Å². The maximum Gasteiger partial charge on any atom is 0.266 e. The van der Waals surface area contributed by atoms with Crippen LogP contribution in [0.25, 0.3) is 0 Å². The molecule has 0 radical (unpaired) electrons. The van der Waals surface area contributed by atoms with E-state index in [1.807, 2.05) is 4.72 Å². The van der Waals surface area contributed by atoms with Gasteiger partial charge in [0.25, 0.3) is 10.0 Å². The summed E-state index contributed by atoms with van der Waals surface area (Å²) >= 11 is 0. The van der Waals surface area contributed by atoms with Crippen LogP contribution in [0.1, 0.15) is 17.9 Å². The summed E-state index contributed by atoms with van der Waals surface area (Å²) in [5.41, 5.74) is 0.845. The van der Waals surface area contributed by atoms with Crippen molar-refractivity contribution in [2.75, 3.05) is 0 Å². The summed E-state index contributed by atoms with van der Waals surface area (Å²) in [6.45, 7) is 0. The Bertz CT molecular complexity index is 879. The fourth-order valence-corrected chi connectivity index (χ4v) is 3.53. The van der Waals surface area contributed by atoms with Gasteiger partial charge in [0, 0.05) is 25.2 Å². The molecule has 2 unspecified atom stereocenters. The predicted octanol–water partition coefficient (Wildman–Crippen LogP) is 1.31. The third kappa shape index (κ3) is 3.09. The molecule has 6 nitrogen and oxygen atoms in total. The molecule has 2 aromatic rings. The van der Waals surface area contributed by atoms with Crippen LogP contribution in [0, 0.1) is 17.6 Å². The van der Waals surface area contributed by atoms with Crippen LogP contribution in [0.4, 0.5) is 8.78 Å². The number of sulfonamides is 1. The summed E-state index contributed by atoms with van der Waals surface area (Å²) in [7, 11) is -2.64. The molecule has 122 valence electrons. The predicted molar refractivity (Wildman–Crippen MR) is 75.7 cm³/mol. The van der Waals surface area contributed by atoms with Crippen molar-refractivity contribution >= 4 is 15.9 Å². The molecule has 9 heteroatoms. The molecule has 3 rings (SSSR count). The van der Waals surface area contributed by atoms with Crippen molar-refractivity contribution in [1.29, 1.82) is 0 Å². The third-order valence-electron chi connectivity index (χ3n) is 3.70. The quantitative estimate of drug-likeness (QED) is 0.909. The molecule has 0 aliphatic heterocycles. The smallest absolute Gasteiger partial charge is 0.266 e. The first kappa shape index (κ1) is 15.6. The maximum atomic E-state index is 13.6. The molecule has 1 aliphatic rings. The number of nitrogens with zero attached hydrogens (tertiary/aromatic N) is 2. The molecule has 0 bridgehead atoms. The van der Waals surface area contributed by atoms with Crippen LogP contribution in [0.15, 0.2) is 35.5 Å². The minimum Gasteiger partial charge on any atom is -0.276 e. The van der Waals surface area contributed by atoms with Gasteiger partial charge in [-0.25, -0.2) is 21.9 Å². The fourth-order valence-electron chi connectivity index (χ4n) is 2.44. The van der Waals surface area contributed by atoms with Gasteiger partial charge in [-0.05, 0) is 30.0 Å². The highest BCUT2D eigenvalue weighted by atomic mass is 32.2. The van der Waals surface area contributed by atoms with E-state index in [0.717, 1.165) is 17.7 Å². The summed E-state index contributed by atoms with van der Waals surface area (Å²) in [5.74, 6) is -3.45. The molecule has 1 heterocycles. The topological polar surface area (TPSA) is 81.1 Å². The molecule has 23 heavy (non-hydrogen) atoms. The molecular weight excluding hydrogens is 328 g/mol. The van der Waals surface area contributed by atoms with E-state index in [9.17, 15) is 22.0 Å². The average molecular weight is 341 g/mol. The number of amides is 1. The molecule has 1 aromatic heterocycles. The number of rotatable bonds is 4. The van der Waals surface area contributed by atoms with E-state index >= 15 is 0 Å². The lowest BCUT2D eigenvalue weighted by Gasteiger charge is -2.07. The number of benzene rings is 1. The van der Waals surface area contributed by atoms with Gasteiger partial charge in [-0.3, -0.25) is 9.48 Å². The van der Waals surface area contributed by atoms with Crippen molar-refractivity contribution in [2.24, 2.45) is 13.0 Å². The average Bonchev–Trinajstić information content (AvgIpc) is 3.13. The zero-order valence-corrected chi connectivity index (χ0v) is 12.8. The van der Waals surface area contributed by atoms with Gasteiger partial charge in [0.15, 0.2) is 0 Å². The van der Waals surface area contributed by atoms with Gasteiger partial charge in [0.2, 0.25) is 5.91 Å². The first-order valence-corrected chi connectivity index (χ1v) is 8.26. The number of aryl methyl sites for hydroxylation is 1. The molecule has 1 N–H and O–H groups in total. The molecule has 1 fully saturated rings. The fraction of sp³-hybridized carbons (Fsp3) is 0.286. The second kappa shape index (κ2) is 5.41. The van der Waals surface area contributed by atoms with Crippen molar-refractivity contribution in [3.63, 3.8) is 0 Å². The molecule has 1 saturated carbocycles. The number of nitrogens with one attached hydrogen (secondary N) is 1. The van der Waals surface area contributed by atoms with Gasteiger partial charge in [-0.1, -0.05) is 0 Å². The van der Waals surface area contributed by atoms with Crippen molar-refractivity contribution in [3.05, 3.63) is 47.8 Å². The first-order chi connectivity index (χ1) is 10.8. The molecule has 0 saturated heterocycles. The Kier molecular flexibility index (Phi) is 3.67. The Hall–Kier alpha value is -2.29. The monoisotopic (exact) mass is 341 g/mol. The van der Waals surface area contributed by atoms with Crippen LogP contribution in [-0.2, 0) is 21.9 Å². The third-order valence-corrected chi connectivity index (χ3v) is 5.08. The van der Waals surface area contributed by atoms with Gasteiger partial charge >= 0.3 is 0 Å². The Morgan fingerprint density at radius 2 is 2.13 bits per heavy atom. The summed E-state index contributed by atoms with van der Waals surface area (Å²) < 4.78 is 53.9. The van der Waals surface area contributed by atoms with E-state index in [4.69, 9.17) is 0 Å². The second-order valence-corrected chi connectivity index (χ2v) is 7.09. The number of aromatic nitrogens is 2. The van der Waals surface area contributed by atoms with Crippen LogP contribution in [0.3, 0.4) is 0 Å². The van der Waals surface area contributed by atoms with Crippen LogP contribution in [-0.4, -0.2) is 24.1 Å². The number of halogens is 2. The molecule has 1 amide bonds. The highest BCUT2D eigenvalue weighted by molar-refractivity contribution is 7.90. The first-order valence-electron chi connectivity index (χ1n) is 6.78. The minimum absolute atomic E-state index is 0.100. The van der Waals surface area contributed by atoms with Gasteiger partial charge in [-0.2, -0.15) is 5.10 Å². The van der Waals surface area contributed by atoms with E-state index < -0.39 is 38.4 Å². The molecular formula is C14H13F2N3O3S. The number of hydrogen-bond acceptors (Lipinski definition) is 4. The molecule has 0 spiro atoms. The highest BCUT2D eigenvalue weighted by Crippen LogP contribution is 2.47. The lowest BCUT2D eigenvalue weighted by atomic mass is 10.2. The maximum absolute atomic E-state index is 13.6. The number of hydrogen-bond donors (Lipinski definition) is 1. The van der Waals surface area contributed by atoms with Crippen molar-refractivity contribution in [1.82, 2.24) is 14.5 Å². The zero-order valence-electron chi connectivity index (χ0n) is 12.0. The Balaban J connectivity index is 1.73. The number of carbonyl (C=O) groups excluding carboxylic acids is 1. The van der Waals surface area contributed by atoms with Crippen LogP contribution < -0.4 is 4.72 Å². The molecule has 1 aromatic carbocycles. The van der Waals surface area contributed by atoms with E-state index in [1.54, 1.807) is 24.1 Å². The Labute approximate surface area is 131 Å². The van der Waals surface area contributed by atoms with E-state index in [1.165, 1.54) is 0 Å². The van der Waals surface area contributed by atoms with E-state index in [2.05, 4.69) is 5.10 Å². The summed E-state index contributed by atoms with van der Waals surface area (Å²) in [6.07, 6.45) is 3.87. The minimum atomic E-state index is -4.37. The van der Waals surface area contributed by atoms with Gasteiger partial charge in [-0.15, -0.1) is 0 Å². The Morgan fingerprint density at radius 1 is 1.39 bits per heavy atom. The standard InChI is InChI=1S/C14H13F2N3O3S/c1-19-7-8(6-17-19)10-5-11(10)14(20)18-23(21,22)13-3-2-9(15)4-12(13)16/h2-4,6-7,10-11H,5H2,1H3,(H,18,20).